The molecule has 2 atom stereocenters. The van der Waals surface area contributed by atoms with E-state index in [1.54, 1.807) is 27.7 Å². The van der Waals surface area contributed by atoms with Gasteiger partial charge in [-0.1, -0.05) is 0 Å². The summed E-state index contributed by atoms with van der Waals surface area (Å²) in [6, 6.07) is 0. The molecule has 2 aliphatic rings. The van der Waals surface area contributed by atoms with Crippen LogP contribution in [0.4, 0.5) is 0 Å². The molecule has 2 heterocycles. The van der Waals surface area contributed by atoms with E-state index in [4.69, 9.17) is 23.1 Å². The molecular weight excluding hydrogens is 288 g/mol. The van der Waals surface area contributed by atoms with Gasteiger partial charge in [0.15, 0.2) is 11.6 Å². The topological polar surface area (TPSA) is 80.3 Å². The highest BCUT2D eigenvalue weighted by molar-refractivity contribution is 7.86. The molecule has 2 fully saturated rings. The van der Waals surface area contributed by atoms with E-state index in [2.05, 4.69) is 0 Å². The lowest BCUT2D eigenvalue weighted by Crippen LogP contribution is -2.45. The Kier molecular flexibility index (Phi) is 4.18. The molecule has 8 heteroatoms. The number of ether oxygens (including phenoxy) is 4. The van der Waals surface area contributed by atoms with E-state index in [-0.39, 0.29) is 13.2 Å². The van der Waals surface area contributed by atoms with E-state index in [1.807, 2.05) is 0 Å². The van der Waals surface area contributed by atoms with Crippen molar-refractivity contribution in [2.75, 3.05) is 19.5 Å². The summed E-state index contributed by atoms with van der Waals surface area (Å²) in [5.41, 5.74) is 0. The van der Waals surface area contributed by atoms with Gasteiger partial charge in [-0.25, -0.2) is 0 Å². The van der Waals surface area contributed by atoms with Crippen molar-refractivity contribution in [1.82, 2.24) is 0 Å². The molecule has 0 aliphatic carbocycles. The predicted octanol–water partition coefficient (Wildman–Crippen LogP) is 0.634. The van der Waals surface area contributed by atoms with Crippen LogP contribution in [0.2, 0.25) is 0 Å². The van der Waals surface area contributed by atoms with Crippen LogP contribution in [-0.2, 0) is 33.2 Å². The van der Waals surface area contributed by atoms with Gasteiger partial charge in [-0.3, -0.25) is 4.18 Å². The number of hydrogen-bond donors (Lipinski definition) is 0. The summed E-state index contributed by atoms with van der Waals surface area (Å²) in [7, 11) is -3.64. The molecule has 0 amide bonds. The molecule has 0 aromatic heterocycles. The van der Waals surface area contributed by atoms with Crippen molar-refractivity contribution in [3.8, 4) is 0 Å². The first-order valence-electron chi connectivity index (χ1n) is 6.49. The maximum Gasteiger partial charge on any atom is 0.264 e. The van der Waals surface area contributed by atoms with Crippen molar-refractivity contribution in [1.29, 1.82) is 0 Å². The SMILES string of the molecule is CC1(C)OCC(C(OS(C)(=O)=O)C2COC(C)(C)O2)O1. The number of rotatable bonds is 4. The van der Waals surface area contributed by atoms with Crippen molar-refractivity contribution in [2.45, 2.75) is 57.6 Å². The van der Waals surface area contributed by atoms with Gasteiger partial charge in [-0.15, -0.1) is 0 Å². The van der Waals surface area contributed by atoms with Crippen LogP contribution in [0.25, 0.3) is 0 Å². The third-order valence-electron chi connectivity index (χ3n) is 3.08. The van der Waals surface area contributed by atoms with Gasteiger partial charge in [0.2, 0.25) is 0 Å². The Morgan fingerprint density at radius 3 is 1.65 bits per heavy atom. The first-order chi connectivity index (χ1) is 8.98. The Morgan fingerprint density at radius 2 is 1.40 bits per heavy atom. The maximum atomic E-state index is 11.5. The zero-order chi connectivity index (χ0) is 15.2. The summed E-state index contributed by atoms with van der Waals surface area (Å²) in [4.78, 5) is 0. The lowest BCUT2D eigenvalue weighted by Gasteiger charge is -2.27. The number of hydrogen-bond acceptors (Lipinski definition) is 7. The quantitative estimate of drug-likeness (QED) is 0.705. The van der Waals surface area contributed by atoms with Crippen LogP contribution in [0, 0.1) is 0 Å². The van der Waals surface area contributed by atoms with E-state index < -0.39 is 40.0 Å². The Morgan fingerprint density at radius 1 is 1.00 bits per heavy atom. The highest BCUT2D eigenvalue weighted by Gasteiger charge is 2.47. The molecule has 20 heavy (non-hydrogen) atoms. The fourth-order valence-electron chi connectivity index (χ4n) is 2.32. The Balaban J connectivity index is 2.14. The van der Waals surface area contributed by atoms with E-state index >= 15 is 0 Å². The molecule has 2 saturated heterocycles. The summed E-state index contributed by atoms with van der Waals surface area (Å²) in [5, 5.41) is 0. The average molecular weight is 310 g/mol. The van der Waals surface area contributed by atoms with Crippen molar-refractivity contribution in [3.63, 3.8) is 0 Å². The van der Waals surface area contributed by atoms with Crippen molar-refractivity contribution in [3.05, 3.63) is 0 Å². The molecule has 0 spiro atoms. The Hall–Kier alpha value is -0.250. The van der Waals surface area contributed by atoms with Gasteiger partial charge in [0.1, 0.15) is 18.3 Å². The molecule has 0 radical (unpaired) electrons. The third kappa shape index (κ3) is 4.12. The van der Waals surface area contributed by atoms with Crippen molar-refractivity contribution in [2.24, 2.45) is 0 Å². The van der Waals surface area contributed by atoms with Gasteiger partial charge in [0.05, 0.1) is 19.5 Å². The highest BCUT2D eigenvalue weighted by Crippen LogP contribution is 2.32. The minimum atomic E-state index is -3.64. The largest absolute Gasteiger partial charge is 0.348 e. The molecule has 0 bridgehead atoms. The summed E-state index contributed by atoms with van der Waals surface area (Å²) in [6.07, 6.45) is -0.847. The van der Waals surface area contributed by atoms with Gasteiger partial charge >= 0.3 is 0 Å². The second-order valence-electron chi connectivity index (χ2n) is 6.00. The van der Waals surface area contributed by atoms with Crippen molar-refractivity contribution < 1.29 is 31.5 Å². The van der Waals surface area contributed by atoms with Gasteiger partial charge < -0.3 is 18.9 Å². The normalized spacial score (nSPS) is 34.2. The molecule has 0 N–H and O–H groups in total. The van der Waals surface area contributed by atoms with Gasteiger partial charge in [-0.2, -0.15) is 8.42 Å². The molecule has 118 valence electrons. The van der Waals surface area contributed by atoms with Crippen molar-refractivity contribution >= 4 is 10.1 Å². The van der Waals surface area contributed by atoms with Crippen LogP contribution in [-0.4, -0.2) is 57.8 Å². The highest BCUT2D eigenvalue weighted by atomic mass is 32.2. The minimum absolute atomic E-state index is 0.244. The molecule has 7 nitrogen and oxygen atoms in total. The van der Waals surface area contributed by atoms with E-state index in [0.717, 1.165) is 6.26 Å². The molecule has 0 aromatic carbocycles. The lowest BCUT2D eigenvalue weighted by atomic mass is 10.1. The predicted molar refractivity (Wildman–Crippen MR) is 69.5 cm³/mol. The van der Waals surface area contributed by atoms with Gasteiger partial charge in [-0.05, 0) is 27.7 Å². The average Bonchev–Trinajstić information content (AvgIpc) is 2.76. The van der Waals surface area contributed by atoms with Crippen LogP contribution in [0.15, 0.2) is 0 Å². The summed E-state index contributed by atoms with van der Waals surface area (Å²) in [5.74, 6) is -1.53. The standard InChI is InChI=1S/C12H22O7S/c1-11(2)15-6-8(17-11)10(19-20(5,13)14)9-7-16-12(3,4)18-9/h8-10H,6-7H2,1-5H3. The fourth-order valence-corrected chi connectivity index (χ4v) is 2.97. The van der Waals surface area contributed by atoms with Crippen LogP contribution in [0.1, 0.15) is 27.7 Å². The van der Waals surface area contributed by atoms with Crippen LogP contribution >= 0.6 is 0 Å². The molecule has 0 aromatic rings. The Labute approximate surface area is 119 Å². The molecular formula is C12H22O7S. The lowest BCUT2D eigenvalue weighted by molar-refractivity contribution is -0.174. The molecule has 2 rings (SSSR count). The summed E-state index contributed by atoms with van der Waals surface area (Å²) in [6.45, 7) is 7.54. The fraction of sp³-hybridized carbons (Fsp3) is 1.00. The zero-order valence-corrected chi connectivity index (χ0v) is 13.2. The van der Waals surface area contributed by atoms with Crippen LogP contribution < -0.4 is 0 Å². The summed E-state index contributed by atoms with van der Waals surface area (Å²) < 4.78 is 50.4. The Bertz CT molecular complexity index is 430. The first kappa shape index (κ1) is 16.1. The maximum absolute atomic E-state index is 11.5. The first-order valence-corrected chi connectivity index (χ1v) is 8.31. The van der Waals surface area contributed by atoms with Gasteiger partial charge in [0, 0.05) is 0 Å². The zero-order valence-electron chi connectivity index (χ0n) is 12.4. The molecule has 0 saturated carbocycles. The van der Waals surface area contributed by atoms with Crippen LogP contribution in [0.5, 0.6) is 0 Å². The molecule has 2 aliphatic heterocycles. The second-order valence-corrected chi connectivity index (χ2v) is 7.60. The molecule has 2 unspecified atom stereocenters. The second kappa shape index (κ2) is 5.19. The minimum Gasteiger partial charge on any atom is -0.348 e. The van der Waals surface area contributed by atoms with Gasteiger partial charge in [0.25, 0.3) is 10.1 Å². The smallest absolute Gasteiger partial charge is 0.264 e. The van der Waals surface area contributed by atoms with E-state index in [9.17, 15) is 8.42 Å². The van der Waals surface area contributed by atoms with E-state index in [1.165, 1.54) is 0 Å². The third-order valence-corrected chi connectivity index (χ3v) is 3.65. The monoisotopic (exact) mass is 310 g/mol. The summed E-state index contributed by atoms with van der Waals surface area (Å²) >= 11 is 0. The van der Waals surface area contributed by atoms with E-state index in [0.29, 0.717) is 0 Å². The van der Waals surface area contributed by atoms with Crippen LogP contribution in [0.3, 0.4) is 0 Å².